The molecule has 4 heteroatoms. The first kappa shape index (κ1) is 13.0. The van der Waals surface area contributed by atoms with Gasteiger partial charge in [-0.2, -0.15) is 0 Å². The van der Waals surface area contributed by atoms with E-state index >= 15 is 0 Å². The molecule has 0 N–H and O–H groups in total. The van der Waals surface area contributed by atoms with Gasteiger partial charge < -0.3 is 9.47 Å². The molecule has 0 aliphatic carbocycles. The third-order valence-corrected chi connectivity index (χ3v) is 2.33. The number of ether oxygens (including phenoxy) is 2. The van der Waals surface area contributed by atoms with E-state index in [1.54, 1.807) is 4.90 Å². The van der Waals surface area contributed by atoms with Gasteiger partial charge in [0.25, 0.3) is 0 Å². The summed E-state index contributed by atoms with van der Waals surface area (Å²) < 4.78 is 10.7. The third-order valence-electron chi connectivity index (χ3n) is 2.33. The number of carbonyl (C=O) groups excluding carboxylic acids is 1. The van der Waals surface area contributed by atoms with Crippen LogP contribution < -0.4 is 0 Å². The number of amides is 1. The highest BCUT2D eigenvalue weighted by atomic mass is 16.6. The van der Waals surface area contributed by atoms with Crippen molar-refractivity contribution in [3.63, 3.8) is 0 Å². The minimum Gasteiger partial charge on any atom is -0.444 e. The van der Waals surface area contributed by atoms with Crippen molar-refractivity contribution in [2.45, 2.75) is 39.3 Å². The number of carbonyl (C=O) groups is 1. The van der Waals surface area contributed by atoms with Gasteiger partial charge in [-0.25, -0.2) is 4.79 Å². The van der Waals surface area contributed by atoms with E-state index in [1.807, 2.05) is 27.7 Å². The second kappa shape index (κ2) is 4.87. The molecule has 0 aromatic carbocycles. The Morgan fingerprint density at radius 2 is 2.12 bits per heavy atom. The Bertz CT molecular complexity index is 280. The predicted molar refractivity (Wildman–Crippen MR) is 62.4 cm³/mol. The van der Waals surface area contributed by atoms with E-state index in [0.29, 0.717) is 19.8 Å². The normalized spacial score (nSPS) is 21.8. The van der Waals surface area contributed by atoms with Crippen LogP contribution in [0.15, 0.2) is 12.2 Å². The quantitative estimate of drug-likeness (QED) is 0.645. The molecule has 92 valence electrons. The molecular formula is C12H21NO3. The lowest BCUT2D eigenvalue weighted by Gasteiger charge is -2.36. The van der Waals surface area contributed by atoms with Crippen molar-refractivity contribution >= 4 is 6.09 Å². The highest BCUT2D eigenvalue weighted by Crippen LogP contribution is 2.18. The molecule has 1 atom stereocenters. The van der Waals surface area contributed by atoms with Crippen LogP contribution in [0.2, 0.25) is 0 Å². The summed E-state index contributed by atoms with van der Waals surface area (Å²) in [6.45, 7) is 13.0. The average molecular weight is 227 g/mol. The van der Waals surface area contributed by atoms with Gasteiger partial charge in [0.05, 0.1) is 19.3 Å². The topological polar surface area (TPSA) is 38.8 Å². The van der Waals surface area contributed by atoms with Gasteiger partial charge >= 0.3 is 6.09 Å². The monoisotopic (exact) mass is 227 g/mol. The molecule has 4 nitrogen and oxygen atoms in total. The summed E-state index contributed by atoms with van der Waals surface area (Å²) in [6.07, 6.45) is -0.288. The van der Waals surface area contributed by atoms with E-state index in [1.165, 1.54) is 0 Å². The second-order valence-electron chi connectivity index (χ2n) is 5.11. The maximum absolute atomic E-state index is 11.9. The zero-order chi connectivity index (χ0) is 12.3. The van der Waals surface area contributed by atoms with Crippen molar-refractivity contribution in [3.05, 3.63) is 12.2 Å². The maximum atomic E-state index is 11.9. The van der Waals surface area contributed by atoms with E-state index in [9.17, 15) is 4.79 Å². The molecule has 1 heterocycles. The number of rotatable bonds is 1. The van der Waals surface area contributed by atoms with Crippen molar-refractivity contribution in [2.24, 2.45) is 0 Å². The van der Waals surface area contributed by atoms with Crippen molar-refractivity contribution in [1.82, 2.24) is 4.90 Å². The molecule has 0 bridgehead atoms. The van der Waals surface area contributed by atoms with Gasteiger partial charge in [0.2, 0.25) is 0 Å². The number of nitrogens with zero attached hydrogens (tertiary/aromatic N) is 1. The Morgan fingerprint density at radius 1 is 1.50 bits per heavy atom. The Balaban J connectivity index is 2.68. The van der Waals surface area contributed by atoms with Gasteiger partial charge in [0.15, 0.2) is 0 Å². The molecule has 0 spiro atoms. The molecule has 0 saturated carbocycles. The molecule has 1 amide bonds. The summed E-state index contributed by atoms with van der Waals surface area (Å²) >= 11 is 0. The van der Waals surface area contributed by atoms with Crippen LogP contribution in [0, 0.1) is 0 Å². The molecule has 1 aliphatic rings. The first-order valence-corrected chi connectivity index (χ1v) is 5.54. The summed E-state index contributed by atoms with van der Waals surface area (Å²) in [5.41, 5.74) is 0.459. The fourth-order valence-corrected chi connectivity index (χ4v) is 1.55. The Hall–Kier alpha value is -1.03. The molecule has 1 fully saturated rings. The molecule has 1 saturated heterocycles. The van der Waals surface area contributed by atoms with E-state index in [4.69, 9.17) is 9.47 Å². The lowest BCUT2D eigenvalue weighted by molar-refractivity contribution is -0.0239. The largest absolute Gasteiger partial charge is 0.444 e. The van der Waals surface area contributed by atoms with Crippen molar-refractivity contribution in [3.8, 4) is 0 Å². The number of hydrogen-bond donors (Lipinski definition) is 0. The molecule has 16 heavy (non-hydrogen) atoms. The average Bonchev–Trinajstić information content (AvgIpc) is 2.15. The van der Waals surface area contributed by atoms with E-state index in [-0.39, 0.29) is 12.1 Å². The molecule has 1 aliphatic heterocycles. The smallest absolute Gasteiger partial charge is 0.410 e. The molecule has 0 aromatic rings. The third kappa shape index (κ3) is 3.52. The maximum Gasteiger partial charge on any atom is 0.410 e. The van der Waals surface area contributed by atoms with Crippen LogP contribution in [0.3, 0.4) is 0 Å². The van der Waals surface area contributed by atoms with Crippen LogP contribution in [-0.2, 0) is 9.47 Å². The molecule has 0 unspecified atom stereocenters. The lowest BCUT2D eigenvalue weighted by Crippen LogP contribution is -2.50. The number of hydrogen-bond acceptors (Lipinski definition) is 3. The molecule has 0 aromatic heterocycles. The summed E-state index contributed by atoms with van der Waals surface area (Å²) in [6, 6.07) is -0.0661. The highest BCUT2D eigenvalue weighted by Gasteiger charge is 2.31. The Morgan fingerprint density at radius 3 is 2.62 bits per heavy atom. The SMILES string of the molecule is C=C(C)[C@@H]1COCCN1C(=O)OC(C)(C)C. The predicted octanol–water partition coefficient (Wildman–Crippen LogP) is 2.20. The summed E-state index contributed by atoms with van der Waals surface area (Å²) in [5.74, 6) is 0. The lowest BCUT2D eigenvalue weighted by atomic mass is 10.1. The zero-order valence-corrected chi connectivity index (χ0v) is 10.6. The summed E-state index contributed by atoms with van der Waals surface area (Å²) in [7, 11) is 0. The van der Waals surface area contributed by atoms with Crippen LogP contribution in [0.4, 0.5) is 4.79 Å². The van der Waals surface area contributed by atoms with Gasteiger partial charge in [-0.3, -0.25) is 4.90 Å². The first-order valence-electron chi connectivity index (χ1n) is 5.54. The second-order valence-corrected chi connectivity index (χ2v) is 5.11. The fraction of sp³-hybridized carbons (Fsp3) is 0.750. The van der Waals surface area contributed by atoms with E-state index < -0.39 is 5.60 Å². The highest BCUT2D eigenvalue weighted by molar-refractivity contribution is 5.69. The fourth-order valence-electron chi connectivity index (χ4n) is 1.55. The minimum atomic E-state index is -0.463. The van der Waals surface area contributed by atoms with Crippen molar-refractivity contribution in [2.75, 3.05) is 19.8 Å². The van der Waals surface area contributed by atoms with Gasteiger partial charge in [-0.1, -0.05) is 12.2 Å². The zero-order valence-electron chi connectivity index (χ0n) is 10.6. The van der Waals surface area contributed by atoms with Crippen LogP contribution in [0.1, 0.15) is 27.7 Å². The standard InChI is InChI=1S/C12H21NO3/c1-9(2)10-8-15-7-6-13(10)11(14)16-12(3,4)5/h10H,1,6-8H2,2-5H3/t10-/m0/s1. The Labute approximate surface area is 97.2 Å². The minimum absolute atomic E-state index is 0.0661. The van der Waals surface area contributed by atoms with Crippen LogP contribution in [-0.4, -0.2) is 42.4 Å². The molecular weight excluding hydrogens is 206 g/mol. The van der Waals surface area contributed by atoms with Crippen LogP contribution in [0.5, 0.6) is 0 Å². The van der Waals surface area contributed by atoms with Gasteiger partial charge in [0, 0.05) is 6.54 Å². The first-order chi connectivity index (χ1) is 7.31. The van der Waals surface area contributed by atoms with E-state index in [2.05, 4.69) is 6.58 Å². The van der Waals surface area contributed by atoms with E-state index in [0.717, 1.165) is 5.57 Å². The van der Waals surface area contributed by atoms with Crippen LogP contribution in [0.25, 0.3) is 0 Å². The number of morpholine rings is 1. The summed E-state index contributed by atoms with van der Waals surface area (Å²) in [5, 5.41) is 0. The van der Waals surface area contributed by atoms with Crippen molar-refractivity contribution in [1.29, 1.82) is 0 Å². The molecule has 1 rings (SSSR count). The van der Waals surface area contributed by atoms with Crippen molar-refractivity contribution < 1.29 is 14.3 Å². The van der Waals surface area contributed by atoms with Crippen LogP contribution >= 0.6 is 0 Å². The molecule has 0 radical (unpaired) electrons. The van der Waals surface area contributed by atoms with Gasteiger partial charge in [-0.05, 0) is 27.7 Å². The Kier molecular flexibility index (Phi) is 3.97. The van der Waals surface area contributed by atoms with Gasteiger partial charge in [-0.15, -0.1) is 0 Å². The van der Waals surface area contributed by atoms with Gasteiger partial charge in [0.1, 0.15) is 5.60 Å². The summed E-state index contributed by atoms with van der Waals surface area (Å²) in [4.78, 5) is 13.6.